The molecule has 1 unspecified atom stereocenters. The molecule has 0 aliphatic heterocycles. The van der Waals surface area contributed by atoms with Crippen LogP contribution >= 0.6 is 27.7 Å². The number of hydrogen-bond donors (Lipinski definition) is 0. The van der Waals surface area contributed by atoms with Gasteiger partial charge in [0.05, 0.1) is 4.83 Å². The maximum absolute atomic E-state index is 12.9. The molecule has 0 amide bonds. The third kappa shape index (κ3) is 2.90. The van der Waals surface area contributed by atoms with Crippen molar-refractivity contribution in [3.63, 3.8) is 0 Å². The summed E-state index contributed by atoms with van der Waals surface area (Å²) in [5.41, 5.74) is 2.28. The fourth-order valence-electron chi connectivity index (χ4n) is 1.69. The molecule has 0 aliphatic rings. The lowest BCUT2D eigenvalue weighted by Crippen LogP contribution is -1.94. The van der Waals surface area contributed by atoms with Crippen LogP contribution in [0, 0.1) is 5.82 Å². The second-order valence-electron chi connectivity index (χ2n) is 3.66. The van der Waals surface area contributed by atoms with Crippen LogP contribution < -0.4 is 0 Å². The highest BCUT2D eigenvalue weighted by molar-refractivity contribution is 9.09. The predicted octanol–water partition coefficient (Wildman–Crippen LogP) is 5.03. The van der Waals surface area contributed by atoms with E-state index in [0.717, 1.165) is 5.56 Å². The standard InChI is InChI=1S/C14H12BrFS/c1-17-13-5-3-2-4-12(13)14(15)10-6-8-11(16)9-7-10/h2-9,14H,1H3. The first kappa shape index (κ1) is 12.7. The van der Waals surface area contributed by atoms with E-state index in [-0.39, 0.29) is 10.6 Å². The Labute approximate surface area is 113 Å². The van der Waals surface area contributed by atoms with Crippen LogP contribution in [0.2, 0.25) is 0 Å². The summed E-state index contributed by atoms with van der Waals surface area (Å²) in [6, 6.07) is 14.8. The molecule has 2 aromatic rings. The first-order valence-electron chi connectivity index (χ1n) is 5.25. The van der Waals surface area contributed by atoms with Crippen LogP contribution in [0.25, 0.3) is 0 Å². The van der Waals surface area contributed by atoms with Gasteiger partial charge in [0.2, 0.25) is 0 Å². The average molecular weight is 311 g/mol. The van der Waals surface area contributed by atoms with Gasteiger partial charge in [0.25, 0.3) is 0 Å². The van der Waals surface area contributed by atoms with Gasteiger partial charge in [0, 0.05) is 4.90 Å². The predicted molar refractivity (Wildman–Crippen MR) is 75.4 cm³/mol. The van der Waals surface area contributed by atoms with Gasteiger partial charge in [0.1, 0.15) is 5.82 Å². The third-order valence-electron chi connectivity index (χ3n) is 2.57. The normalized spacial score (nSPS) is 12.4. The number of thioether (sulfide) groups is 1. The summed E-state index contributed by atoms with van der Waals surface area (Å²) in [5.74, 6) is -0.202. The van der Waals surface area contributed by atoms with Crippen LogP contribution in [-0.4, -0.2) is 6.26 Å². The first-order valence-corrected chi connectivity index (χ1v) is 7.39. The number of halogens is 2. The molecule has 0 aliphatic carbocycles. The van der Waals surface area contributed by atoms with Gasteiger partial charge in [-0.05, 0) is 35.6 Å². The van der Waals surface area contributed by atoms with E-state index in [4.69, 9.17) is 0 Å². The number of rotatable bonds is 3. The second-order valence-corrected chi connectivity index (χ2v) is 5.42. The minimum atomic E-state index is -0.202. The van der Waals surface area contributed by atoms with Gasteiger partial charge in [-0.15, -0.1) is 11.8 Å². The van der Waals surface area contributed by atoms with Gasteiger partial charge in [-0.1, -0.05) is 46.3 Å². The molecule has 1 atom stereocenters. The van der Waals surface area contributed by atoms with Crippen LogP contribution in [0.4, 0.5) is 4.39 Å². The van der Waals surface area contributed by atoms with E-state index in [0.29, 0.717) is 0 Å². The zero-order valence-electron chi connectivity index (χ0n) is 9.36. The summed E-state index contributed by atoms with van der Waals surface area (Å²) in [6.07, 6.45) is 2.06. The van der Waals surface area contributed by atoms with Crippen molar-refractivity contribution in [1.82, 2.24) is 0 Å². The van der Waals surface area contributed by atoms with Gasteiger partial charge >= 0.3 is 0 Å². The molecule has 0 nitrogen and oxygen atoms in total. The fraction of sp³-hybridized carbons (Fsp3) is 0.143. The van der Waals surface area contributed by atoms with Crippen molar-refractivity contribution in [2.24, 2.45) is 0 Å². The molecule has 88 valence electrons. The summed E-state index contributed by atoms with van der Waals surface area (Å²) in [4.78, 5) is 1.34. The van der Waals surface area contributed by atoms with Crippen molar-refractivity contribution >= 4 is 27.7 Å². The molecule has 0 radical (unpaired) electrons. The van der Waals surface area contributed by atoms with Crippen molar-refractivity contribution < 1.29 is 4.39 Å². The highest BCUT2D eigenvalue weighted by Crippen LogP contribution is 2.36. The molecule has 0 saturated heterocycles. The van der Waals surface area contributed by atoms with Crippen LogP contribution in [-0.2, 0) is 0 Å². The summed E-state index contributed by atoms with van der Waals surface area (Å²) in [7, 11) is 0. The average Bonchev–Trinajstić information content (AvgIpc) is 2.39. The van der Waals surface area contributed by atoms with Crippen LogP contribution in [0.3, 0.4) is 0 Å². The maximum atomic E-state index is 12.9. The largest absolute Gasteiger partial charge is 0.207 e. The van der Waals surface area contributed by atoms with E-state index < -0.39 is 0 Å². The summed E-state index contributed by atoms with van der Waals surface area (Å²) in [6.45, 7) is 0. The third-order valence-corrected chi connectivity index (χ3v) is 4.41. The minimum Gasteiger partial charge on any atom is -0.207 e. The van der Waals surface area contributed by atoms with Crippen molar-refractivity contribution in [2.75, 3.05) is 6.26 Å². The Morgan fingerprint density at radius 3 is 2.35 bits per heavy atom. The van der Waals surface area contributed by atoms with Gasteiger partial charge in [-0.3, -0.25) is 0 Å². The quantitative estimate of drug-likeness (QED) is 0.566. The molecule has 3 heteroatoms. The minimum absolute atomic E-state index is 0.103. The monoisotopic (exact) mass is 310 g/mol. The molecular weight excluding hydrogens is 299 g/mol. The smallest absolute Gasteiger partial charge is 0.123 e. The van der Waals surface area contributed by atoms with Crippen molar-refractivity contribution in [1.29, 1.82) is 0 Å². The lowest BCUT2D eigenvalue weighted by molar-refractivity contribution is 0.627. The molecule has 2 aromatic carbocycles. The van der Waals surface area contributed by atoms with E-state index in [9.17, 15) is 4.39 Å². The molecule has 0 fully saturated rings. The molecule has 0 N–H and O–H groups in total. The molecule has 0 saturated carbocycles. The zero-order valence-corrected chi connectivity index (χ0v) is 11.8. The van der Waals surface area contributed by atoms with Crippen LogP contribution in [0.1, 0.15) is 16.0 Å². The van der Waals surface area contributed by atoms with E-state index in [1.165, 1.54) is 22.6 Å². The van der Waals surface area contributed by atoms with E-state index in [1.807, 2.05) is 24.3 Å². The molecule has 0 heterocycles. The van der Waals surface area contributed by atoms with Gasteiger partial charge < -0.3 is 0 Å². The first-order chi connectivity index (χ1) is 8.22. The summed E-state index contributed by atoms with van der Waals surface area (Å²) >= 11 is 5.39. The van der Waals surface area contributed by atoms with E-state index >= 15 is 0 Å². The lowest BCUT2D eigenvalue weighted by atomic mass is 10.0. The second kappa shape index (κ2) is 5.69. The molecule has 17 heavy (non-hydrogen) atoms. The molecular formula is C14H12BrFS. The Morgan fingerprint density at radius 2 is 1.71 bits per heavy atom. The van der Waals surface area contributed by atoms with Crippen molar-refractivity contribution in [3.8, 4) is 0 Å². The summed E-state index contributed by atoms with van der Waals surface area (Å²) < 4.78 is 12.9. The summed E-state index contributed by atoms with van der Waals surface area (Å²) in [5, 5.41) is 0. The fourth-order valence-corrected chi connectivity index (χ4v) is 3.18. The van der Waals surface area contributed by atoms with Crippen molar-refractivity contribution in [2.45, 2.75) is 9.72 Å². The Kier molecular flexibility index (Phi) is 4.24. The number of alkyl halides is 1. The SMILES string of the molecule is CSc1ccccc1C(Br)c1ccc(F)cc1. The van der Waals surface area contributed by atoms with Gasteiger partial charge in [-0.2, -0.15) is 0 Å². The number of benzene rings is 2. The highest BCUT2D eigenvalue weighted by Gasteiger charge is 2.13. The Balaban J connectivity index is 2.36. The van der Waals surface area contributed by atoms with Gasteiger partial charge in [-0.25, -0.2) is 4.39 Å². The molecule has 2 rings (SSSR count). The van der Waals surface area contributed by atoms with Crippen LogP contribution in [0.15, 0.2) is 53.4 Å². The van der Waals surface area contributed by atoms with Gasteiger partial charge in [0.15, 0.2) is 0 Å². The molecule has 0 bridgehead atoms. The number of hydrogen-bond acceptors (Lipinski definition) is 1. The Bertz CT molecular complexity index is 496. The zero-order chi connectivity index (χ0) is 12.3. The lowest BCUT2D eigenvalue weighted by Gasteiger charge is -2.14. The highest BCUT2D eigenvalue weighted by atomic mass is 79.9. The van der Waals surface area contributed by atoms with E-state index in [1.54, 1.807) is 11.8 Å². The van der Waals surface area contributed by atoms with E-state index in [2.05, 4.69) is 34.3 Å². The Morgan fingerprint density at radius 1 is 1.06 bits per heavy atom. The molecule has 0 aromatic heterocycles. The topological polar surface area (TPSA) is 0 Å². The maximum Gasteiger partial charge on any atom is 0.123 e. The Hall–Kier alpha value is -0.800. The van der Waals surface area contributed by atoms with Crippen LogP contribution in [0.5, 0.6) is 0 Å². The molecule has 0 spiro atoms. The van der Waals surface area contributed by atoms with Crippen molar-refractivity contribution in [3.05, 3.63) is 65.5 Å².